The van der Waals surface area contributed by atoms with Crippen LogP contribution in [0.5, 0.6) is 0 Å². The van der Waals surface area contributed by atoms with E-state index in [0.717, 1.165) is 46.4 Å². The Kier molecular flexibility index (Phi) is 5.61. The number of nitrogens with zero attached hydrogens (tertiary/aromatic N) is 3. The van der Waals surface area contributed by atoms with E-state index in [9.17, 15) is 13.6 Å². The molecule has 0 fully saturated rings. The molecule has 0 aliphatic heterocycles. The van der Waals surface area contributed by atoms with E-state index in [-0.39, 0.29) is 5.56 Å². The van der Waals surface area contributed by atoms with Gasteiger partial charge in [0.25, 0.3) is 5.91 Å². The number of rotatable bonds is 5. The van der Waals surface area contributed by atoms with Crippen molar-refractivity contribution in [2.24, 2.45) is 0 Å². The van der Waals surface area contributed by atoms with Crippen LogP contribution in [0.2, 0.25) is 0 Å². The average molecular weight is 436 g/mol. The minimum Gasteiger partial charge on any atom is -0.441 e. The zero-order chi connectivity index (χ0) is 23.0. The third-order valence-electron chi connectivity index (χ3n) is 5.50. The molecule has 2 aromatic heterocycles. The lowest BCUT2D eigenvalue weighted by Gasteiger charge is -2.07. The van der Waals surface area contributed by atoms with Crippen molar-refractivity contribution in [3.05, 3.63) is 88.1 Å². The first-order valence-electron chi connectivity index (χ1n) is 10.1. The van der Waals surface area contributed by atoms with Gasteiger partial charge in [-0.3, -0.25) is 9.48 Å². The van der Waals surface area contributed by atoms with Crippen molar-refractivity contribution in [3.63, 3.8) is 0 Å². The van der Waals surface area contributed by atoms with Crippen LogP contribution < -0.4 is 5.32 Å². The molecule has 0 bridgehead atoms. The number of hydrogen-bond donors (Lipinski definition) is 1. The molecule has 0 spiro atoms. The van der Waals surface area contributed by atoms with E-state index in [0.29, 0.717) is 23.9 Å². The first kappa shape index (κ1) is 21.4. The smallest absolute Gasteiger partial charge is 0.258 e. The summed E-state index contributed by atoms with van der Waals surface area (Å²) in [5, 5.41) is 7.11. The zero-order valence-electron chi connectivity index (χ0n) is 18.2. The second-order valence-corrected chi connectivity index (χ2v) is 7.63. The molecule has 0 saturated carbocycles. The SMILES string of the molecule is Cc1nn(Cc2nc(-c3ccc(NC(=O)c4cc(F)ccc4F)cc3)oc2C)c(C)c1C. The Bertz CT molecular complexity index is 1310. The summed E-state index contributed by atoms with van der Waals surface area (Å²) in [4.78, 5) is 16.9. The normalized spacial score (nSPS) is 11.1. The lowest BCUT2D eigenvalue weighted by Crippen LogP contribution is -2.14. The minimum absolute atomic E-state index is 0.360. The Labute approximate surface area is 183 Å². The monoisotopic (exact) mass is 436 g/mol. The summed E-state index contributed by atoms with van der Waals surface area (Å²) in [7, 11) is 0. The molecular formula is C24H22F2N4O2. The van der Waals surface area contributed by atoms with Crippen molar-refractivity contribution in [3.8, 4) is 11.5 Å². The lowest BCUT2D eigenvalue weighted by molar-refractivity contribution is 0.102. The molecule has 4 rings (SSSR count). The third kappa shape index (κ3) is 4.16. The van der Waals surface area contributed by atoms with E-state index in [4.69, 9.17) is 4.42 Å². The highest BCUT2D eigenvalue weighted by atomic mass is 19.1. The van der Waals surface area contributed by atoms with Gasteiger partial charge in [-0.25, -0.2) is 13.8 Å². The molecule has 4 aromatic rings. The van der Waals surface area contributed by atoms with Crippen molar-refractivity contribution in [2.45, 2.75) is 34.2 Å². The van der Waals surface area contributed by atoms with E-state index in [1.54, 1.807) is 24.3 Å². The van der Waals surface area contributed by atoms with Gasteiger partial charge in [0, 0.05) is 16.9 Å². The average Bonchev–Trinajstić information content (AvgIpc) is 3.25. The molecule has 6 nitrogen and oxygen atoms in total. The fraction of sp³-hybridized carbons (Fsp3) is 0.208. The van der Waals surface area contributed by atoms with Crippen LogP contribution in [0.3, 0.4) is 0 Å². The molecule has 8 heteroatoms. The first-order chi connectivity index (χ1) is 15.2. The van der Waals surface area contributed by atoms with Gasteiger partial charge in [0.15, 0.2) is 0 Å². The largest absolute Gasteiger partial charge is 0.441 e. The van der Waals surface area contributed by atoms with Crippen LogP contribution >= 0.6 is 0 Å². The summed E-state index contributed by atoms with van der Waals surface area (Å²) in [6.45, 7) is 8.39. The molecule has 1 N–H and O–H groups in total. The number of nitrogens with one attached hydrogen (secondary N) is 1. The predicted octanol–water partition coefficient (Wildman–Crippen LogP) is 5.35. The van der Waals surface area contributed by atoms with Crippen molar-refractivity contribution >= 4 is 11.6 Å². The highest BCUT2D eigenvalue weighted by molar-refractivity contribution is 6.04. The fourth-order valence-corrected chi connectivity index (χ4v) is 3.35. The van der Waals surface area contributed by atoms with Crippen molar-refractivity contribution < 1.29 is 18.0 Å². The van der Waals surface area contributed by atoms with Gasteiger partial charge < -0.3 is 9.73 Å². The molecule has 0 saturated heterocycles. The number of hydrogen-bond acceptors (Lipinski definition) is 4. The zero-order valence-corrected chi connectivity index (χ0v) is 18.2. The van der Waals surface area contributed by atoms with E-state index in [1.165, 1.54) is 0 Å². The van der Waals surface area contributed by atoms with Crippen LogP contribution in [0.25, 0.3) is 11.5 Å². The van der Waals surface area contributed by atoms with Gasteiger partial charge in [0.1, 0.15) is 23.1 Å². The molecule has 0 aliphatic carbocycles. The van der Waals surface area contributed by atoms with Gasteiger partial charge in [-0.2, -0.15) is 5.10 Å². The number of carbonyl (C=O) groups excluding carboxylic acids is 1. The number of halogens is 2. The first-order valence-corrected chi connectivity index (χ1v) is 10.1. The second kappa shape index (κ2) is 8.37. The number of aryl methyl sites for hydroxylation is 2. The molecule has 0 unspecified atom stereocenters. The topological polar surface area (TPSA) is 73.0 Å². The molecular weight excluding hydrogens is 414 g/mol. The Balaban J connectivity index is 1.51. The predicted molar refractivity (Wildman–Crippen MR) is 117 cm³/mol. The number of benzene rings is 2. The second-order valence-electron chi connectivity index (χ2n) is 7.63. The number of oxazole rings is 1. The van der Waals surface area contributed by atoms with Crippen molar-refractivity contribution in [1.29, 1.82) is 0 Å². The van der Waals surface area contributed by atoms with E-state index in [1.807, 2.05) is 32.4 Å². The van der Waals surface area contributed by atoms with Crippen LogP contribution in [-0.2, 0) is 6.54 Å². The van der Waals surface area contributed by atoms with Crippen molar-refractivity contribution in [1.82, 2.24) is 14.8 Å². The molecule has 32 heavy (non-hydrogen) atoms. The summed E-state index contributed by atoms with van der Waals surface area (Å²) < 4.78 is 34.9. The fourth-order valence-electron chi connectivity index (χ4n) is 3.35. The maximum atomic E-state index is 13.8. The molecule has 0 atom stereocenters. The summed E-state index contributed by atoms with van der Waals surface area (Å²) >= 11 is 0. The number of anilines is 1. The van der Waals surface area contributed by atoms with Crippen LogP contribution in [0.15, 0.2) is 46.9 Å². The Hall–Kier alpha value is -3.81. The molecule has 0 radical (unpaired) electrons. The van der Waals surface area contributed by atoms with E-state index in [2.05, 4.69) is 15.4 Å². The van der Waals surface area contributed by atoms with Crippen LogP contribution in [0.4, 0.5) is 14.5 Å². The Morgan fingerprint density at radius 2 is 1.78 bits per heavy atom. The Morgan fingerprint density at radius 3 is 2.44 bits per heavy atom. The van der Waals surface area contributed by atoms with Gasteiger partial charge >= 0.3 is 0 Å². The number of aromatic nitrogens is 3. The molecule has 2 aromatic carbocycles. The highest BCUT2D eigenvalue weighted by Crippen LogP contribution is 2.25. The van der Waals surface area contributed by atoms with Crippen LogP contribution in [-0.4, -0.2) is 20.7 Å². The molecule has 1 amide bonds. The quantitative estimate of drug-likeness (QED) is 0.458. The van der Waals surface area contributed by atoms with Gasteiger partial charge in [0.05, 0.1) is 17.8 Å². The van der Waals surface area contributed by atoms with Gasteiger partial charge in [0.2, 0.25) is 5.89 Å². The standard InChI is InChI=1S/C24H22F2N4O2/c1-13-14(2)29-30(15(13)3)12-22-16(4)32-24(28-22)17-5-8-19(9-6-17)27-23(31)20-11-18(25)7-10-21(20)26/h5-11H,12H2,1-4H3,(H,27,31). The minimum atomic E-state index is -0.791. The lowest BCUT2D eigenvalue weighted by atomic mass is 10.1. The summed E-state index contributed by atoms with van der Waals surface area (Å²) in [6, 6.07) is 9.51. The third-order valence-corrected chi connectivity index (χ3v) is 5.50. The Morgan fingerprint density at radius 1 is 1.06 bits per heavy atom. The maximum Gasteiger partial charge on any atom is 0.258 e. The maximum absolute atomic E-state index is 13.8. The van der Waals surface area contributed by atoms with Crippen LogP contribution in [0, 0.1) is 39.3 Å². The van der Waals surface area contributed by atoms with E-state index < -0.39 is 17.5 Å². The summed E-state index contributed by atoms with van der Waals surface area (Å²) in [6.07, 6.45) is 0. The van der Waals surface area contributed by atoms with Gasteiger partial charge in [-0.05, 0) is 75.7 Å². The van der Waals surface area contributed by atoms with E-state index >= 15 is 0 Å². The number of amides is 1. The molecule has 0 aliphatic rings. The van der Waals surface area contributed by atoms with Crippen LogP contribution in [0.1, 0.15) is 38.8 Å². The summed E-state index contributed by atoms with van der Waals surface area (Å²) in [5.74, 6) is -1.06. The van der Waals surface area contributed by atoms with Gasteiger partial charge in [-0.1, -0.05) is 0 Å². The molecule has 164 valence electrons. The summed E-state index contributed by atoms with van der Waals surface area (Å²) in [5.41, 5.74) is 4.80. The molecule has 2 heterocycles. The van der Waals surface area contributed by atoms with Crippen molar-refractivity contribution in [2.75, 3.05) is 5.32 Å². The highest BCUT2D eigenvalue weighted by Gasteiger charge is 2.16. The number of carbonyl (C=O) groups is 1. The van der Waals surface area contributed by atoms with Gasteiger partial charge in [-0.15, -0.1) is 0 Å².